The average molecular weight is 394 g/mol. The summed E-state index contributed by atoms with van der Waals surface area (Å²) in [6, 6.07) is 6.00. The zero-order valence-corrected chi connectivity index (χ0v) is 15.5. The van der Waals surface area contributed by atoms with Crippen LogP contribution in [0.5, 0.6) is 11.5 Å². The molecule has 0 radical (unpaired) electrons. The maximum Gasteiger partial charge on any atom is 0.231 e. The number of aromatic nitrogens is 2. The molecule has 0 aliphatic carbocycles. The number of benzene rings is 1. The van der Waals surface area contributed by atoms with Crippen molar-refractivity contribution in [1.82, 2.24) is 20.2 Å². The molecule has 0 saturated carbocycles. The van der Waals surface area contributed by atoms with Crippen LogP contribution in [0, 0.1) is 5.95 Å². The summed E-state index contributed by atoms with van der Waals surface area (Å²) >= 11 is 0. The fourth-order valence-corrected chi connectivity index (χ4v) is 3.81. The molecule has 7 nitrogen and oxygen atoms in total. The number of fused-ring (bicyclic) bond motifs is 2. The number of phenols is 1. The Bertz CT molecular complexity index is 1150. The number of nitrogens with zero attached hydrogens (tertiary/aromatic N) is 2. The lowest BCUT2D eigenvalue weighted by molar-refractivity contribution is 0.101. The number of aromatic hydroxyl groups is 1. The van der Waals surface area contributed by atoms with Crippen LogP contribution in [0.15, 0.2) is 36.2 Å². The Labute approximate surface area is 165 Å². The number of nitrogens with one attached hydrogen (secondary N) is 2. The van der Waals surface area contributed by atoms with Crippen LogP contribution in [0.3, 0.4) is 0 Å². The summed E-state index contributed by atoms with van der Waals surface area (Å²) in [7, 11) is 0. The summed E-state index contributed by atoms with van der Waals surface area (Å²) in [6.45, 7) is 4.00. The number of phenolic OH excluding ortho intramolecular Hbond substituents is 1. The zero-order valence-electron chi connectivity index (χ0n) is 15.5. The lowest BCUT2D eigenvalue weighted by atomic mass is 10.0. The number of H-pyrrole nitrogens is 1. The molecule has 2 aromatic heterocycles. The molecular formula is C21H19FN4O3. The number of piperazine rings is 1. The first-order valence-corrected chi connectivity index (χ1v) is 9.46. The number of carbonyl (C=O) groups is 1. The number of hydrogen-bond donors (Lipinski definition) is 3. The molecule has 2 aliphatic rings. The number of ketones is 1. The Morgan fingerprint density at radius 3 is 2.90 bits per heavy atom. The van der Waals surface area contributed by atoms with Gasteiger partial charge in [0, 0.05) is 49.9 Å². The van der Waals surface area contributed by atoms with Crippen LogP contribution in [0.2, 0.25) is 0 Å². The zero-order chi connectivity index (χ0) is 20.0. The van der Waals surface area contributed by atoms with Gasteiger partial charge in [-0.1, -0.05) is 0 Å². The first-order chi connectivity index (χ1) is 14.1. The molecule has 29 heavy (non-hydrogen) atoms. The molecule has 5 rings (SSSR count). The van der Waals surface area contributed by atoms with E-state index in [2.05, 4.69) is 20.2 Å². The van der Waals surface area contributed by atoms with Gasteiger partial charge in [0.05, 0.1) is 11.1 Å². The molecule has 1 aromatic carbocycles. The molecule has 0 atom stereocenters. The summed E-state index contributed by atoms with van der Waals surface area (Å²) in [5.74, 6) is -0.137. The van der Waals surface area contributed by atoms with Gasteiger partial charge in [-0.2, -0.15) is 4.39 Å². The van der Waals surface area contributed by atoms with Crippen molar-refractivity contribution in [2.45, 2.75) is 6.54 Å². The van der Waals surface area contributed by atoms with E-state index in [4.69, 9.17) is 4.74 Å². The quantitative estimate of drug-likeness (QED) is 0.467. The van der Waals surface area contributed by atoms with E-state index < -0.39 is 5.95 Å². The number of ether oxygens (including phenoxy) is 1. The van der Waals surface area contributed by atoms with Crippen molar-refractivity contribution in [2.75, 3.05) is 26.2 Å². The summed E-state index contributed by atoms with van der Waals surface area (Å²) in [5.41, 5.74) is 2.13. The Morgan fingerprint density at radius 2 is 2.07 bits per heavy atom. The van der Waals surface area contributed by atoms with E-state index in [1.54, 1.807) is 30.5 Å². The van der Waals surface area contributed by atoms with Crippen LogP contribution in [-0.4, -0.2) is 51.9 Å². The van der Waals surface area contributed by atoms with E-state index in [-0.39, 0.29) is 17.3 Å². The van der Waals surface area contributed by atoms with Gasteiger partial charge in [0.1, 0.15) is 17.1 Å². The van der Waals surface area contributed by atoms with Gasteiger partial charge in [0.25, 0.3) is 0 Å². The van der Waals surface area contributed by atoms with Gasteiger partial charge in [0.2, 0.25) is 11.7 Å². The molecule has 148 valence electrons. The molecule has 3 N–H and O–H groups in total. The second-order valence-electron chi connectivity index (χ2n) is 7.18. The highest BCUT2D eigenvalue weighted by Gasteiger charge is 2.32. The molecule has 0 amide bonds. The number of carbonyl (C=O) groups excluding carboxylic acids is 1. The molecule has 1 saturated heterocycles. The maximum atomic E-state index is 13.3. The Kier molecular flexibility index (Phi) is 4.30. The van der Waals surface area contributed by atoms with Gasteiger partial charge in [-0.25, -0.2) is 4.98 Å². The third kappa shape index (κ3) is 3.16. The van der Waals surface area contributed by atoms with Gasteiger partial charge in [-0.15, -0.1) is 0 Å². The molecule has 0 spiro atoms. The lowest BCUT2D eigenvalue weighted by Gasteiger charge is -2.27. The summed E-state index contributed by atoms with van der Waals surface area (Å²) in [6.07, 6.45) is 3.27. The summed E-state index contributed by atoms with van der Waals surface area (Å²) < 4.78 is 19.2. The average Bonchev–Trinajstić information content (AvgIpc) is 3.26. The number of allylic oxidation sites excluding steroid dienone is 1. The first kappa shape index (κ1) is 17.8. The van der Waals surface area contributed by atoms with Crippen molar-refractivity contribution in [3.8, 4) is 11.5 Å². The normalized spacial score (nSPS) is 18.4. The molecule has 1 fully saturated rings. The van der Waals surface area contributed by atoms with Crippen LogP contribution in [0.25, 0.3) is 17.1 Å². The van der Waals surface area contributed by atoms with Crippen LogP contribution < -0.4 is 10.1 Å². The predicted molar refractivity (Wildman–Crippen MR) is 105 cm³/mol. The SMILES string of the molecule is O=C1/C(=C/c2c[nH]c3nc(F)ccc23)Oc2c1ccc(O)c2CN1CCNCC1. The van der Waals surface area contributed by atoms with Crippen LogP contribution >= 0.6 is 0 Å². The highest BCUT2D eigenvalue weighted by atomic mass is 19.1. The monoisotopic (exact) mass is 394 g/mol. The molecular weight excluding hydrogens is 375 g/mol. The molecule has 0 bridgehead atoms. The van der Waals surface area contributed by atoms with Crippen LogP contribution in [0.1, 0.15) is 21.5 Å². The molecule has 2 aliphatic heterocycles. The topological polar surface area (TPSA) is 90.5 Å². The number of pyridine rings is 1. The lowest BCUT2D eigenvalue weighted by Crippen LogP contribution is -2.42. The van der Waals surface area contributed by atoms with Crippen LogP contribution in [-0.2, 0) is 6.54 Å². The van der Waals surface area contributed by atoms with Crippen molar-refractivity contribution >= 4 is 22.9 Å². The highest BCUT2D eigenvalue weighted by Crippen LogP contribution is 2.40. The van der Waals surface area contributed by atoms with Gasteiger partial charge < -0.3 is 20.1 Å². The number of hydrogen-bond acceptors (Lipinski definition) is 6. The highest BCUT2D eigenvalue weighted by molar-refractivity contribution is 6.15. The Hall–Kier alpha value is -3.23. The number of Topliss-reactive ketones (excluding diaryl/α,β-unsaturated/α-hetero) is 1. The minimum Gasteiger partial charge on any atom is -0.507 e. The molecule has 8 heteroatoms. The van der Waals surface area contributed by atoms with E-state index in [0.29, 0.717) is 40.0 Å². The summed E-state index contributed by atoms with van der Waals surface area (Å²) in [4.78, 5) is 21.8. The van der Waals surface area contributed by atoms with Crippen molar-refractivity contribution in [1.29, 1.82) is 0 Å². The van der Waals surface area contributed by atoms with Gasteiger partial charge in [-0.05, 0) is 30.3 Å². The molecule has 3 aromatic rings. The van der Waals surface area contributed by atoms with E-state index in [0.717, 1.165) is 26.2 Å². The predicted octanol–water partition coefficient (Wildman–Crippen LogP) is 2.43. The largest absolute Gasteiger partial charge is 0.507 e. The minimum atomic E-state index is -0.577. The third-order valence-electron chi connectivity index (χ3n) is 5.33. The maximum absolute atomic E-state index is 13.3. The number of halogens is 1. The second-order valence-corrected chi connectivity index (χ2v) is 7.18. The molecule has 0 unspecified atom stereocenters. The fraction of sp³-hybridized carbons (Fsp3) is 0.238. The minimum absolute atomic E-state index is 0.114. The standard InChI is InChI=1S/C21H19FN4O3/c22-18-4-2-13-12(10-24-21(13)25-18)9-17-19(28)14-1-3-16(27)15(20(14)29-17)11-26-7-5-23-6-8-26/h1-4,9-10,23,27H,5-8,11H2,(H,24,25)/b17-9-. The van der Waals surface area contributed by atoms with Crippen molar-refractivity contribution in [2.24, 2.45) is 0 Å². The van der Waals surface area contributed by atoms with Crippen molar-refractivity contribution < 1.29 is 19.0 Å². The smallest absolute Gasteiger partial charge is 0.231 e. The van der Waals surface area contributed by atoms with Gasteiger partial charge in [0.15, 0.2) is 5.76 Å². The third-order valence-corrected chi connectivity index (χ3v) is 5.33. The van der Waals surface area contributed by atoms with E-state index in [1.807, 2.05) is 0 Å². The van der Waals surface area contributed by atoms with E-state index in [9.17, 15) is 14.3 Å². The van der Waals surface area contributed by atoms with E-state index >= 15 is 0 Å². The Morgan fingerprint density at radius 1 is 1.24 bits per heavy atom. The fourth-order valence-electron chi connectivity index (χ4n) is 3.81. The van der Waals surface area contributed by atoms with Gasteiger partial charge in [-0.3, -0.25) is 9.69 Å². The Balaban J connectivity index is 1.50. The van der Waals surface area contributed by atoms with Crippen molar-refractivity contribution in [3.05, 3.63) is 58.9 Å². The second kappa shape index (κ2) is 6.98. The van der Waals surface area contributed by atoms with Gasteiger partial charge >= 0.3 is 0 Å². The van der Waals surface area contributed by atoms with E-state index in [1.165, 1.54) is 6.07 Å². The van der Waals surface area contributed by atoms with Crippen LogP contribution in [0.4, 0.5) is 4.39 Å². The summed E-state index contributed by atoms with van der Waals surface area (Å²) in [5, 5.41) is 14.4. The first-order valence-electron chi connectivity index (χ1n) is 9.46. The number of rotatable bonds is 3. The molecule has 4 heterocycles. The number of aromatic amines is 1. The van der Waals surface area contributed by atoms with Crippen molar-refractivity contribution in [3.63, 3.8) is 0 Å².